The molecule has 0 amide bonds. The summed E-state index contributed by atoms with van der Waals surface area (Å²) in [6.07, 6.45) is -0.0400. The van der Waals surface area contributed by atoms with Crippen molar-refractivity contribution in [2.45, 2.75) is 24.6 Å². The van der Waals surface area contributed by atoms with Gasteiger partial charge in [0.2, 0.25) is 0 Å². The molecular weight excluding hydrogens is 259 g/mol. The van der Waals surface area contributed by atoms with Gasteiger partial charge in [0.1, 0.15) is 17.8 Å². The Bertz CT molecular complexity index is 631. The van der Waals surface area contributed by atoms with Crippen LogP contribution in [0.2, 0.25) is 0 Å². The summed E-state index contributed by atoms with van der Waals surface area (Å²) in [5.74, 6) is 2.04. The number of halogens is 1. The second-order valence-corrected chi connectivity index (χ2v) is 4.04. The molecule has 0 bridgehead atoms. The molecule has 0 radical (unpaired) electrons. The van der Waals surface area contributed by atoms with Crippen molar-refractivity contribution in [2.75, 3.05) is 6.61 Å². The second kappa shape index (κ2) is 4.97. The topological polar surface area (TPSA) is 105 Å². The molecule has 19 heavy (non-hydrogen) atoms. The first-order chi connectivity index (χ1) is 8.99. The third kappa shape index (κ3) is 2.19. The predicted molar refractivity (Wildman–Crippen MR) is 61.2 cm³/mol. The quantitative estimate of drug-likeness (QED) is 0.545. The standard InChI is InChI=1S/C11H11FN2O5/c1-2-5-3-14(11(18)13-9(5)17)10-7(12)8(16)6(4-15)19-10/h1,3,6-8,10,15-16H,4H2,(H,13,17,18)/t6-,7?,8?,10-/m0/s1. The number of nitrogens with one attached hydrogen (secondary N) is 1. The number of nitrogens with zero attached hydrogens (tertiary/aromatic N) is 1. The van der Waals surface area contributed by atoms with Gasteiger partial charge in [0.05, 0.1) is 6.61 Å². The number of aromatic amines is 1. The molecule has 0 aliphatic carbocycles. The Labute approximate surface area is 106 Å². The number of aromatic nitrogens is 2. The van der Waals surface area contributed by atoms with E-state index in [1.54, 1.807) is 0 Å². The Morgan fingerprint density at radius 1 is 1.58 bits per heavy atom. The van der Waals surface area contributed by atoms with Crippen molar-refractivity contribution in [1.29, 1.82) is 0 Å². The van der Waals surface area contributed by atoms with Crippen LogP contribution in [0.4, 0.5) is 4.39 Å². The third-order valence-corrected chi connectivity index (χ3v) is 2.87. The minimum atomic E-state index is -1.92. The van der Waals surface area contributed by atoms with Gasteiger partial charge in [0.15, 0.2) is 12.4 Å². The van der Waals surface area contributed by atoms with Gasteiger partial charge in [-0.25, -0.2) is 9.18 Å². The normalized spacial score (nSPS) is 30.2. The summed E-state index contributed by atoms with van der Waals surface area (Å²) in [5, 5.41) is 18.4. The van der Waals surface area contributed by atoms with E-state index in [9.17, 15) is 19.1 Å². The van der Waals surface area contributed by atoms with Crippen molar-refractivity contribution in [2.24, 2.45) is 0 Å². The van der Waals surface area contributed by atoms with E-state index in [0.29, 0.717) is 0 Å². The Kier molecular flexibility index (Phi) is 3.53. The van der Waals surface area contributed by atoms with Crippen LogP contribution in [0.3, 0.4) is 0 Å². The molecular formula is C11H11FN2O5. The summed E-state index contributed by atoms with van der Waals surface area (Å²) in [5.41, 5.74) is -1.85. The molecule has 1 aliphatic rings. The molecule has 2 heterocycles. The van der Waals surface area contributed by atoms with Crippen molar-refractivity contribution >= 4 is 0 Å². The maximum Gasteiger partial charge on any atom is 0.330 e. The Hall–Kier alpha value is -1.95. The number of alkyl halides is 1. The predicted octanol–water partition coefficient (Wildman–Crippen LogP) is -1.89. The fourth-order valence-corrected chi connectivity index (χ4v) is 1.86. The van der Waals surface area contributed by atoms with Gasteiger partial charge >= 0.3 is 5.69 Å². The fourth-order valence-electron chi connectivity index (χ4n) is 1.86. The van der Waals surface area contributed by atoms with E-state index in [-0.39, 0.29) is 5.56 Å². The lowest BCUT2D eigenvalue weighted by molar-refractivity contribution is -0.0491. The Balaban J connectivity index is 2.46. The van der Waals surface area contributed by atoms with E-state index in [1.807, 2.05) is 10.9 Å². The van der Waals surface area contributed by atoms with Crippen LogP contribution in [0.1, 0.15) is 11.8 Å². The van der Waals surface area contributed by atoms with Gasteiger partial charge in [-0.1, -0.05) is 5.92 Å². The van der Waals surface area contributed by atoms with E-state index in [0.717, 1.165) is 10.8 Å². The van der Waals surface area contributed by atoms with Gasteiger partial charge in [-0.2, -0.15) is 0 Å². The molecule has 1 aromatic rings. The van der Waals surface area contributed by atoms with Gasteiger partial charge in [-0.3, -0.25) is 14.3 Å². The fraction of sp³-hybridized carbons (Fsp3) is 0.455. The number of hydrogen-bond donors (Lipinski definition) is 3. The summed E-state index contributed by atoms with van der Waals surface area (Å²) in [4.78, 5) is 24.8. The number of hydrogen-bond acceptors (Lipinski definition) is 5. The minimum Gasteiger partial charge on any atom is -0.394 e. The van der Waals surface area contributed by atoms with Crippen LogP contribution >= 0.6 is 0 Å². The van der Waals surface area contributed by atoms with Crippen LogP contribution in [0, 0.1) is 12.3 Å². The molecule has 4 atom stereocenters. The van der Waals surface area contributed by atoms with E-state index < -0.39 is 42.5 Å². The summed E-state index contributed by atoms with van der Waals surface area (Å²) in [7, 11) is 0. The molecule has 102 valence electrons. The summed E-state index contributed by atoms with van der Waals surface area (Å²) in [6, 6.07) is 0. The molecule has 1 aromatic heterocycles. The van der Waals surface area contributed by atoms with Crippen LogP contribution < -0.4 is 11.2 Å². The zero-order valence-electron chi connectivity index (χ0n) is 9.62. The van der Waals surface area contributed by atoms with Gasteiger partial charge < -0.3 is 14.9 Å². The lowest BCUT2D eigenvalue weighted by atomic mass is 10.1. The van der Waals surface area contributed by atoms with E-state index in [1.165, 1.54) is 0 Å². The van der Waals surface area contributed by atoms with Crippen LogP contribution in [-0.2, 0) is 4.74 Å². The minimum absolute atomic E-state index is 0.169. The average molecular weight is 270 g/mol. The van der Waals surface area contributed by atoms with Crippen molar-refractivity contribution in [3.8, 4) is 12.3 Å². The monoisotopic (exact) mass is 270 g/mol. The number of H-pyrrole nitrogens is 1. The second-order valence-electron chi connectivity index (χ2n) is 4.04. The molecule has 7 nitrogen and oxygen atoms in total. The average Bonchev–Trinajstić information content (AvgIpc) is 2.67. The first-order valence-corrected chi connectivity index (χ1v) is 5.40. The van der Waals surface area contributed by atoms with Gasteiger partial charge in [-0.05, 0) is 0 Å². The Morgan fingerprint density at radius 2 is 2.26 bits per heavy atom. The molecule has 2 unspecified atom stereocenters. The number of rotatable bonds is 2. The van der Waals surface area contributed by atoms with Gasteiger partial charge in [0, 0.05) is 6.20 Å². The molecule has 2 rings (SSSR count). The molecule has 0 spiro atoms. The summed E-state index contributed by atoms with van der Waals surface area (Å²) in [6.45, 7) is -0.599. The highest BCUT2D eigenvalue weighted by molar-refractivity contribution is 5.26. The van der Waals surface area contributed by atoms with Crippen molar-refractivity contribution in [3.05, 3.63) is 32.6 Å². The van der Waals surface area contributed by atoms with Crippen LogP contribution in [0.5, 0.6) is 0 Å². The maximum absolute atomic E-state index is 13.8. The zero-order valence-corrected chi connectivity index (χ0v) is 9.62. The SMILES string of the molecule is C#Cc1cn([C@H]2O[C@@H](CO)C(O)C2F)c(=O)[nH]c1=O. The first kappa shape index (κ1) is 13.5. The number of aliphatic hydroxyl groups is 2. The van der Waals surface area contributed by atoms with Crippen LogP contribution in [0.15, 0.2) is 15.8 Å². The maximum atomic E-state index is 13.8. The zero-order chi connectivity index (χ0) is 14.2. The molecule has 1 saturated heterocycles. The highest BCUT2D eigenvalue weighted by Gasteiger charge is 2.45. The Morgan fingerprint density at radius 3 is 2.79 bits per heavy atom. The summed E-state index contributed by atoms with van der Waals surface area (Å²) >= 11 is 0. The highest BCUT2D eigenvalue weighted by atomic mass is 19.1. The van der Waals surface area contributed by atoms with E-state index in [4.69, 9.17) is 16.3 Å². The number of terminal acetylenes is 1. The number of ether oxygens (including phenoxy) is 1. The highest BCUT2D eigenvalue weighted by Crippen LogP contribution is 2.30. The van der Waals surface area contributed by atoms with E-state index >= 15 is 0 Å². The molecule has 3 N–H and O–H groups in total. The van der Waals surface area contributed by atoms with Gasteiger partial charge in [-0.15, -0.1) is 6.42 Å². The van der Waals surface area contributed by atoms with Crippen LogP contribution in [0.25, 0.3) is 0 Å². The molecule has 0 saturated carbocycles. The van der Waals surface area contributed by atoms with Crippen molar-refractivity contribution in [3.63, 3.8) is 0 Å². The lowest BCUT2D eigenvalue weighted by Crippen LogP contribution is -2.37. The van der Waals surface area contributed by atoms with Gasteiger partial charge in [0.25, 0.3) is 5.56 Å². The van der Waals surface area contributed by atoms with Crippen molar-refractivity contribution in [1.82, 2.24) is 9.55 Å². The largest absolute Gasteiger partial charge is 0.394 e. The molecule has 1 aliphatic heterocycles. The lowest BCUT2D eigenvalue weighted by Gasteiger charge is -2.15. The molecule has 1 fully saturated rings. The van der Waals surface area contributed by atoms with Crippen LogP contribution in [-0.4, -0.2) is 44.8 Å². The van der Waals surface area contributed by atoms with E-state index in [2.05, 4.69) is 0 Å². The smallest absolute Gasteiger partial charge is 0.330 e. The molecule has 0 aromatic carbocycles. The van der Waals surface area contributed by atoms with Crippen molar-refractivity contribution < 1.29 is 19.3 Å². The number of aliphatic hydroxyl groups excluding tert-OH is 2. The summed E-state index contributed by atoms with van der Waals surface area (Å²) < 4.78 is 19.6. The molecule has 8 heteroatoms. The third-order valence-electron chi connectivity index (χ3n) is 2.87. The first-order valence-electron chi connectivity index (χ1n) is 5.40.